The number of rotatable bonds is 2. The molecule has 4 rings (SSSR count). The fourth-order valence-electron chi connectivity index (χ4n) is 5.47. The van der Waals surface area contributed by atoms with E-state index in [0.717, 1.165) is 6.07 Å². The van der Waals surface area contributed by atoms with Crippen LogP contribution in [0.25, 0.3) is 5.76 Å². The molecule has 1 amide bonds. The molecule has 1 aromatic carbocycles. The number of ketones is 2. The zero-order valence-electron chi connectivity index (χ0n) is 18.3. The molecule has 0 radical (unpaired) electrons. The van der Waals surface area contributed by atoms with E-state index in [9.17, 15) is 39.9 Å². The van der Waals surface area contributed by atoms with Crippen molar-refractivity contribution in [3.05, 3.63) is 46.2 Å². The molecule has 0 aromatic heterocycles. The number of likely N-dealkylation sites (N-methyl/N-ethyl adjacent to an activating group) is 1. The van der Waals surface area contributed by atoms with Gasteiger partial charge in [-0.15, -0.1) is 5.75 Å². The summed E-state index contributed by atoms with van der Waals surface area (Å²) in [5.41, 5.74) is -1.24. The molecule has 3 aliphatic carbocycles. The molecular formula is C22H22MgN2O8. The van der Waals surface area contributed by atoms with Gasteiger partial charge in [-0.3, -0.25) is 19.3 Å². The minimum absolute atomic E-state index is 0. The number of hydrogen-bond donors (Lipinski definition) is 4. The number of benzene rings is 1. The van der Waals surface area contributed by atoms with Crippen LogP contribution in [0.1, 0.15) is 24.5 Å². The Morgan fingerprint density at radius 2 is 1.82 bits per heavy atom. The minimum atomic E-state index is -2.81. The van der Waals surface area contributed by atoms with Crippen molar-refractivity contribution < 1.29 is 39.9 Å². The molecule has 11 heteroatoms. The van der Waals surface area contributed by atoms with E-state index < -0.39 is 80.5 Å². The summed E-state index contributed by atoms with van der Waals surface area (Å²) in [6.07, 6.45) is -0.260. The molecule has 3 aliphatic rings. The van der Waals surface area contributed by atoms with Crippen LogP contribution in [0, 0.1) is 11.8 Å². The van der Waals surface area contributed by atoms with E-state index in [1.165, 1.54) is 38.1 Å². The number of hydrogen-bond acceptors (Lipinski definition) is 9. The van der Waals surface area contributed by atoms with Gasteiger partial charge in [0.1, 0.15) is 11.3 Å². The monoisotopic (exact) mass is 466 g/mol. The van der Waals surface area contributed by atoms with Crippen LogP contribution in [0.15, 0.2) is 35.1 Å². The number of primary amides is 1. The summed E-state index contributed by atoms with van der Waals surface area (Å²) in [5, 5.41) is 59.2. The smallest absolute Gasteiger partial charge is 0.872 e. The first kappa shape index (κ1) is 25.2. The fraction of sp³-hybridized carbons (Fsp3) is 0.409. The number of aliphatic hydroxyl groups excluding tert-OH is 1. The predicted octanol–water partition coefficient (Wildman–Crippen LogP) is -2.58. The number of fused-ring (bicyclic) bond motifs is 3. The van der Waals surface area contributed by atoms with Gasteiger partial charge in [-0.1, -0.05) is 24.0 Å². The Morgan fingerprint density at radius 1 is 1.21 bits per heavy atom. The standard InChI is InChI=1S/C22H24N2O8.Mg/c1-21(31)8-5-4-6-11(25)12(8)16(26)13-9(21)7-10-15(24(2)3)17(27)14(20(23)30)19(29)22(10,32)18(13)28;/h4-6,9-10,15,25-26,29,31-32H,7H2,1-3H3,(H2,23,30);/q;+2/p-2/t9-,10-,15-,21+,22-;/m0./s1. The van der Waals surface area contributed by atoms with Gasteiger partial charge in [0.05, 0.1) is 11.6 Å². The first-order valence-electron chi connectivity index (χ1n) is 9.93. The summed E-state index contributed by atoms with van der Waals surface area (Å²) in [6.45, 7) is 1.35. The van der Waals surface area contributed by atoms with Crippen LogP contribution in [0.4, 0.5) is 0 Å². The normalized spacial score (nSPS) is 33.3. The zero-order valence-corrected chi connectivity index (χ0v) is 19.7. The van der Waals surface area contributed by atoms with E-state index in [-0.39, 0.29) is 35.0 Å². The summed E-state index contributed by atoms with van der Waals surface area (Å²) in [6, 6.07) is 2.66. The van der Waals surface area contributed by atoms with Crippen molar-refractivity contribution in [3.8, 4) is 5.75 Å². The van der Waals surface area contributed by atoms with Crippen molar-refractivity contribution in [1.29, 1.82) is 0 Å². The summed E-state index contributed by atoms with van der Waals surface area (Å²) in [5.74, 6) is -8.84. The molecular weight excluding hydrogens is 445 g/mol. The first-order chi connectivity index (χ1) is 14.8. The quantitative estimate of drug-likeness (QED) is 0.268. The van der Waals surface area contributed by atoms with Crippen molar-refractivity contribution in [2.45, 2.75) is 30.6 Å². The second-order valence-corrected chi connectivity index (χ2v) is 8.92. The van der Waals surface area contributed by atoms with Crippen molar-refractivity contribution in [2.75, 3.05) is 14.1 Å². The van der Waals surface area contributed by atoms with E-state index in [2.05, 4.69) is 0 Å². The van der Waals surface area contributed by atoms with E-state index in [0.29, 0.717) is 0 Å². The molecule has 170 valence electrons. The third-order valence-electron chi connectivity index (χ3n) is 6.98. The second-order valence-electron chi connectivity index (χ2n) is 8.92. The van der Waals surface area contributed by atoms with E-state index in [4.69, 9.17) is 5.73 Å². The van der Waals surface area contributed by atoms with Crippen LogP contribution < -0.4 is 15.9 Å². The van der Waals surface area contributed by atoms with Crippen LogP contribution in [-0.2, 0) is 20.0 Å². The molecule has 5 atom stereocenters. The Hall–Kier alpha value is -2.44. The Labute approximate surface area is 205 Å². The summed E-state index contributed by atoms with van der Waals surface area (Å²) in [7, 11) is 2.97. The van der Waals surface area contributed by atoms with Crippen LogP contribution in [0.5, 0.6) is 5.75 Å². The molecule has 0 saturated heterocycles. The van der Waals surface area contributed by atoms with Crippen molar-refractivity contribution in [2.24, 2.45) is 17.6 Å². The van der Waals surface area contributed by atoms with Crippen LogP contribution in [0.2, 0.25) is 0 Å². The number of carbonyl (C=O) groups is 3. The number of nitrogens with two attached hydrogens (primary N) is 1. The Morgan fingerprint density at radius 3 is 2.36 bits per heavy atom. The molecule has 0 unspecified atom stereocenters. The van der Waals surface area contributed by atoms with Gasteiger partial charge in [-0.05, 0) is 44.1 Å². The first-order valence-corrected chi connectivity index (χ1v) is 9.93. The number of nitrogens with zero attached hydrogens (tertiary/aromatic N) is 1. The molecule has 1 fully saturated rings. The van der Waals surface area contributed by atoms with Gasteiger partial charge in [0, 0.05) is 11.8 Å². The van der Waals surface area contributed by atoms with Crippen LogP contribution in [0.3, 0.4) is 0 Å². The Balaban J connectivity index is 0.00000306. The SMILES string of the molecule is CN(C)[C@@H]1C(=O)C(C(N)=O)=C(O)[C@@]2(O)C(=O)C3=C([O-])c4c([O-])cccc4[C@@](C)(O)[C@H]3C[C@@H]12.[Mg+2]. The second kappa shape index (κ2) is 7.81. The minimum Gasteiger partial charge on any atom is -0.872 e. The largest absolute Gasteiger partial charge is 2.00 e. The average Bonchev–Trinajstić information content (AvgIpc) is 2.68. The summed E-state index contributed by atoms with van der Waals surface area (Å²) in [4.78, 5) is 39.9. The van der Waals surface area contributed by atoms with Gasteiger partial charge in [-0.2, -0.15) is 0 Å². The zero-order chi connectivity index (χ0) is 23.9. The van der Waals surface area contributed by atoms with E-state index in [1.54, 1.807) is 0 Å². The molecule has 0 aliphatic heterocycles. The average molecular weight is 467 g/mol. The van der Waals surface area contributed by atoms with Gasteiger partial charge in [-0.25, -0.2) is 0 Å². The van der Waals surface area contributed by atoms with Gasteiger partial charge >= 0.3 is 23.1 Å². The fourth-order valence-corrected chi connectivity index (χ4v) is 5.47. The van der Waals surface area contributed by atoms with Crippen molar-refractivity contribution >= 4 is 46.3 Å². The molecule has 1 aromatic rings. The van der Waals surface area contributed by atoms with E-state index >= 15 is 0 Å². The van der Waals surface area contributed by atoms with Crippen LogP contribution >= 0.6 is 0 Å². The maximum Gasteiger partial charge on any atom is 2.00 e. The topological polar surface area (TPSA) is 187 Å². The maximum absolute atomic E-state index is 13.6. The van der Waals surface area contributed by atoms with Crippen molar-refractivity contribution in [3.63, 3.8) is 0 Å². The molecule has 5 N–H and O–H groups in total. The van der Waals surface area contributed by atoms with E-state index in [1.807, 2.05) is 0 Å². The number of aliphatic hydroxyl groups is 3. The van der Waals surface area contributed by atoms with Gasteiger partial charge in [0.15, 0.2) is 17.2 Å². The van der Waals surface area contributed by atoms with Gasteiger partial charge < -0.3 is 31.3 Å². The number of amides is 1. The number of Topliss-reactive ketones (excluding diaryl/α,β-unsaturated/α-hetero) is 2. The van der Waals surface area contributed by atoms with Crippen molar-refractivity contribution in [1.82, 2.24) is 4.90 Å². The van der Waals surface area contributed by atoms with Gasteiger partial charge in [0.2, 0.25) is 0 Å². The molecule has 0 spiro atoms. The van der Waals surface area contributed by atoms with Gasteiger partial charge in [0.25, 0.3) is 5.91 Å². The molecule has 1 saturated carbocycles. The molecule has 0 heterocycles. The van der Waals surface area contributed by atoms with Crippen LogP contribution in [-0.4, -0.2) is 86.5 Å². The predicted molar refractivity (Wildman–Crippen MR) is 111 cm³/mol. The molecule has 33 heavy (non-hydrogen) atoms. The third-order valence-corrected chi connectivity index (χ3v) is 6.98. The Bertz CT molecular complexity index is 1160. The maximum atomic E-state index is 13.6. The Kier molecular flexibility index (Phi) is 5.96. The summed E-state index contributed by atoms with van der Waals surface area (Å²) < 4.78 is 0. The summed E-state index contributed by atoms with van der Waals surface area (Å²) >= 11 is 0. The third kappa shape index (κ3) is 3.07. The molecule has 0 bridgehead atoms. The molecule has 10 nitrogen and oxygen atoms in total. The number of carbonyl (C=O) groups excluding carboxylic acids is 3.